The summed E-state index contributed by atoms with van der Waals surface area (Å²) in [4.78, 5) is 4.08. The summed E-state index contributed by atoms with van der Waals surface area (Å²) < 4.78 is 11.0. The van der Waals surface area contributed by atoms with Gasteiger partial charge in [0.2, 0.25) is 0 Å². The molecule has 2 heterocycles. The van der Waals surface area contributed by atoms with Crippen molar-refractivity contribution in [1.82, 2.24) is 10.4 Å². The summed E-state index contributed by atoms with van der Waals surface area (Å²) in [7, 11) is 0. The second kappa shape index (κ2) is 5.91. The van der Waals surface area contributed by atoms with Crippen molar-refractivity contribution < 1.29 is 9.47 Å². The van der Waals surface area contributed by atoms with Crippen LogP contribution < -0.4 is 11.3 Å². The van der Waals surface area contributed by atoms with Gasteiger partial charge >= 0.3 is 0 Å². The maximum Gasteiger partial charge on any atom is 0.0978 e. The molecule has 2 atom stereocenters. The van der Waals surface area contributed by atoms with E-state index < -0.39 is 0 Å². The fourth-order valence-corrected chi connectivity index (χ4v) is 1.81. The Labute approximate surface area is 94.9 Å². The molecule has 1 aromatic rings. The molecule has 0 aliphatic carbocycles. The van der Waals surface area contributed by atoms with Gasteiger partial charge in [0, 0.05) is 12.4 Å². The number of hydrogen-bond donors (Lipinski definition) is 2. The summed E-state index contributed by atoms with van der Waals surface area (Å²) >= 11 is 0. The van der Waals surface area contributed by atoms with Crippen molar-refractivity contribution in [1.29, 1.82) is 0 Å². The first-order valence-corrected chi connectivity index (χ1v) is 5.44. The molecule has 3 N–H and O–H groups in total. The van der Waals surface area contributed by atoms with Gasteiger partial charge in [0.05, 0.1) is 32.0 Å². The van der Waals surface area contributed by atoms with Crippen molar-refractivity contribution >= 4 is 0 Å². The average molecular weight is 223 g/mol. The Kier molecular flexibility index (Phi) is 4.24. The van der Waals surface area contributed by atoms with Gasteiger partial charge in [-0.1, -0.05) is 6.07 Å². The number of ether oxygens (including phenoxy) is 2. The van der Waals surface area contributed by atoms with Gasteiger partial charge in [-0.05, 0) is 18.1 Å². The zero-order chi connectivity index (χ0) is 11.2. The molecule has 0 aromatic carbocycles. The van der Waals surface area contributed by atoms with E-state index in [2.05, 4.69) is 10.4 Å². The van der Waals surface area contributed by atoms with Crippen LogP contribution in [0.15, 0.2) is 24.5 Å². The molecule has 2 rings (SSSR count). The van der Waals surface area contributed by atoms with Gasteiger partial charge in [0.1, 0.15) is 0 Å². The van der Waals surface area contributed by atoms with Crippen LogP contribution in [0.4, 0.5) is 0 Å². The number of hydrazine groups is 1. The van der Waals surface area contributed by atoms with E-state index in [1.165, 1.54) is 0 Å². The Hall–Kier alpha value is -1.01. The van der Waals surface area contributed by atoms with Crippen molar-refractivity contribution in [2.24, 2.45) is 5.84 Å². The number of nitrogens with one attached hydrogen (secondary N) is 1. The van der Waals surface area contributed by atoms with Crippen LogP contribution in [0.1, 0.15) is 5.56 Å². The SMILES string of the molecule is NNC(Cc1cccnc1)C1COCCO1. The Morgan fingerprint density at radius 2 is 2.50 bits per heavy atom. The summed E-state index contributed by atoms with van der Waals surface area (Å²) in [5, 5.41) is 0. The molecule has 16 heavy (non-hydrogen) atoms. The van der Waals surface area contributed by atoms with Crippen molar-refractivity contribution in [3.8, 4) is 0 Å². The third-order valence-electron chi connectivity index (χ3n) is 2.68. The van der Waals surface area contributed by atoms with Crippen LogP contribution in [0.5, 0.6) is 0 Å². The lowest BCUT2D eigenvalue weighted by atomic mass is 10.0. The molecule has 5 heteroatoms. The molecule has 0 saturated carbocycles. The number of pyridine rings is 1. The van der Waals surface area contributed by atoms with Crippen LogP contribution in [0.3, 0.4) is 0 Å². The lowest BCUT2D eigenvalue weighted by molar-refractivity contribution is -0.101. The summed E-state index contributed by atoms with van der Waals surface area (Å²) in [5.74, 6) is 5.55. The number of rotatable bonds is 4. The van der Waals surface area contributed by atoms with E-state index in [0.29, 0.717) is 19.8 Å². The number of aromatic nitrogens is 1. The minimum absolute atomic E-state index is 0.0129. The molecule has 1 aliphatic rings. The van der Waals surface area contributed by atoms with E-state index in [-0.39, 0.29) is 12.1 Å². The lowest BCUT2D eigenvalue weighted by Gasteiger charge is -2.29. The Morgan fingerprint density at radius 1 is 1.56 bits per heavy atom. The smallest absolute Gasteiger partial charge is 0.0978 e. The van der Waals surface area contributed by atoms with Crippen molar-refractivity contribution in [3.63, 3.8) is 0 Å². The molecule has 88 valence electrons. The van der Waals surface area contributed by atoms with Gasteiger partial charge < -0.3 is 9.47 Å². The molecule has 1 aliphatic heterocycles. The third-order valence-corrected chi connectivity index (χ3v) is 2.68. The fourth-order valence-electron chi connectivity index (χ4n) is 1.81. The number of nitrogens with zero attached hydrogens (tertiary/aromatic N) is 1. The van der Waals surface area contributed by atoms with E-state index in [9.17, 15) is 0 Å². The standard InChI is InChI=1S/C11H17N3O2/c12-14-10(11-8-15-4-5-16-11)6-9-2-1-3-13-7-9/h1-3,7,10-11,14H,4-6,8,12H2. The van der Waals surface area contributed by atoms with Gasteiger partial charge in [-0.15, -0.1) is 0 Å². The summed E-state index contributed by atoms with van der Waals surface area (Å²) in [6.07, 6.45) is 4.40. The lowest BCUT2D eigenvalue weighted by Crippen LogP contribution is -2.50. The molecule has 5 nitrogen and oxygen atoms in total. The third kappa shape index (κ3) is 2.99. The predicted octanol–water partition coefficient (Wildman–Crippen LogP) is -0.129. The molecule has 0 radical (unpaired) electrons. The number of hydrogen-bond acceptors (Lipinski definition) is 5. The van der Waals surface area contributed by atoms with Gasteiger partial charge in [-0.25, -0.2) is 0 Å². The summed E-state index contributed by atoms with van der Waals surface area (Å²) in [6, 6.07) is 4.01. The van der Waals surface area contributed by atoms with Crippen molar-refractivity contribution in [2.75, 3.05) is 19.8 Å². The first-order chi connectivity index (χ1) is 7.90. The second-order valence-corrected chi connectivity index (χ2v) is 3.82. The molecular formula is C11H17N3O2. The zero-order valence-electron chi connectivity index (χ0n) is 9.13. The molecule has 1 fully saturated rings. The molecule has 0 spiro atoms. The van der Waals surface area contributed by atoms with Crippen LogP contribution in [-0.4, -0.2) is 37.0 Å². The highest BCUT2D eigenvalue weighted by atomic mass is 16.6. The topological polar surface area (TPSA) is 69.4 Å². The first kappa shape index (κ1) is 11.5. The monoisotopic (exact) mass is 223 g/mol. The zero-order valence-corrected chi connectivity index (χ0v) is 9.13. The van der Waals surface area contributed by atoms with Crippen molar-refractivity contribution in [3.05, 3.63) is 30.1 Å². The van der Waals surface area contributed by atoms with Crippen LogP contribution in [0, 0.1) is 0 Å². The highest BCUT2D eigenvalue weighted by molar-refractivity contribution is 5.10. The molecule has 0 bridgehead atoms. The van der Waals surface area contributed by atoms with Crippen LogP contribution in [-0.2, 0) is 15.9 Å². The van der Waals surface area contributed by atoms with Gasteiger partial charge in [0.15, 0.2) is 0 Å². The molecule has 1 saturated heterocycles. The maximum absolute atomic E-state index is 5.62. The van der Waals surface area contributed by atoms with E-state index in [0.717, 1.165) is 12.0 Å². The predicted molar refractivity (Wildman–Crippen MR) is 59.6 cm³/mol. The highest BCUT2D eigenvalue weighted by Gasteiger charge is 2.24. The van der Waals surface area contributed by atoms with Crippen LogP contribution in [0.25, 0.3) is 0 Å². The van der Waals surface area contributed by atoms with Crippen molar-refractivity contribution in [2.45, 2.75) is 18.6 Å². The highest BCUT2D eigenvalue weighted by Crippen LogP contribution is 2.10. The Morgan fingerprint density at radius 3 is 3.12 bits per heavy atom. The Bertz CT molecular complexity index is 301. The summed E-state index contributed by atoms with van der Waals surface area (Å²) in [5.41, 5.74) is 3.93. The van der Waals surface area contributed by atoms with Gasteiger partial charge in [-0.3, -0.25) is 16.3 Å². The van der Waals surface area contributed by atoms with Gasteiger partial charge in [-0.2, -0.15) is 0 Å². The van der Waals surface area contributed by atoms with Crippen LogP contribution >= 0.6 is 0 Å². The normalized spacial score (nSPS) is 22.9. The molecule has 2 unspecified atom stereocenters. The minimum Gasteiger partial charge on any atom is -0.376 e. The summed E-state index contributed by atoms with van der Waals surface area (Å²) in [6.45, 7) is 1.89. The molecule has 1 aromatic heterocycles. The molecular weight excluding hydrogens is 206 g/mol. The van der Waals surface area contributed by atoms with E-state index in [1.807, 2.05) is 18.3 Å². The van der Waals surface area contributed by atoms with Gasteiger partial charge in [0.25, 0.3) is 0 Å². The largest absolute Gasteiger partial charge is 0.376 e. The van der Waals surface area contributed by atoms with Crippen LogP contribution in [0.2, 0.25) is 0 Å². The van der Waals surface area contributed by atoms with E-state index >= 15 is 0 Å². The maximum atomic E-state index is 5.62. The first-order valence-electron chi connectivity index (χ1n) is 5.44. The second-order valence-electron chi connectivity index (χ2n) is 3.82. The van der Waals surface area contributed by atoms with E-state index in [1.54, 1.807) is 6.20 Å². The van der Waals surface area contributed by atoms with E-state index in [4.69, 9.17) is 15.3 Å². The fraction of sp³-hybridized carbons (Fsp3) is 0.545. The quantitative estimate of drug-likeness (QED) is 0.550. The minimum atomic E-state index is 0.0129. The molecule has 0 amide bonds. The average Bonchev–Trinajstić information content (AvgIpc) is 2.38. The number of nitrogens with two attached hydrogens (primary N) is 1. The Balaban J connectivity index is 1.94.